The van der Waals surface area contributed by atoms with Crippen molar-refractivity contribution in [1.29, 1.82) is 0 Å². The normalized spacial score (nSPS) is 14.2. The van der Waals surface area contributed by atoms with E-state index in [0.29, 0.717) is 0 Å². The highest BCUT2D eigenvalue weighted by Gasteiger charge is 2.62. The zero-order valence-corrected chi connectivity index (χ0v) is 16.7. The molecule has 0 saturated heterocycles. The van der Waals surface area contributed by atoms with Gasteiger partial charge in [0.05, 0.1) is 17.7 Å². The smallest absolute Gasteiger partial charge is 0.432 e. The number of carbonyl (C=O) groups is 1. The molecule has 0 spiro atoms. The third-order valence-corrected chi connectivity index (χ3v) is 6.28. The van der Waals surface area contributed by atoms with Crippen LogP contribution in [0.4, 0.5) is 18.9 Å². The lowest BCUT2D eigenvalue weighted by molar-refractivity contribution is -0.266. The molecule has 10 heteroatoms. The van der Waals surface area contributed by atoms with E-state index >= 15 is 0 Å². The van der Waals surface area contributed by atoms with Gasteiger partial charge in [-0.1, -0.05) is 29.8 Å². The summed E-state index contributed by atoms with van der Waals surface area (Å²) in [6, 6.07) is 9.98. The number of hydrogen-bond donors (Lipinski definition) is 1. The number of sulfonamides is 1. The van der Waals surface area contributed by atoms with Crippen molar-refractivity contribution in [3.05, 3.63) is 59.7 Å². The first-order valence-electron chi connectivity index (χ1n) is 8.47. The van der Waals surface area contributed by atoms with Crippen LogP contribution in [0.3, 0.4) is 0 Å². The summed E-state index contributed by atoms with van der Waals surface area (Å²) in [6.07, 6.45) is -5.33. The van der Waals surface area contributed by atoms with Gasteiger partial charge in [0.1, 0.15) is 0 Å². The van der Waals surface area contributed by atoms with Crippen LogP contribution in [-0.2, 0) is 25.2 Å². The minimum absolute atomic E-state index is 0.0100. The number of esters is 1. The lowest BCUT2D eigenvalue weighted by Gasteiger charge is -2.29. The predicted octanol–water partition coefficient (Wildman–Crippen LogP) is 3.13. The van der Waals surface area contributed by atoms with Crippen LogP contribution < -0.4 is 4.31 Å². The average molecular weight is 431 g/mol. The maximum absolute atomic E-state index is 13.3. The molecule has 0 aromatic heterocycles. The maximum Gasteiger partial charge on any atom is 0.432 e. The van der Waals surface area contributed by atoms with Gasteiger partial charge >= 0.3 is 12.1 Å². The Bertz CT molecular complexity index is 972. The van der Waals surface area contributed by atoms with Crippen LogP contribution in [0.2, 0.25) is 0 Å². The van der Waals surface area contributed by atoms with Crippen molar-refractivity contribution in [3.63, 3.8) is 0 Å². The van der Waals surface area contributed by atoms with Gasteiger partial charge in [-0.25, -0.2) is 13.2 Å². The number of ether oxygens (including phenoxy) is 1. The molecule has 0 aliphatic heterocycles. The van der Waals surface area contributed by atoms with Crippen molar-refractivity contribution < 1.29 is 36.2 Å². The summed E-state index contributed by atoms with van der Waals surface area (Å²) in [6.45, 7) is 3.38. The maximum atomic E-state index is 13.3. The molecule has 6 nitrogen and oxygen atoms in total. The molecule has 0 fully saturated rings. The van der Waals surface area contributed by atoms with E-state index in [9.17, 15) is 31.5 Å². The fraction of sp³-hybridized carbons (Fsp3) is 0.316. The fourth-order valence-electron chi connectivity index (χ4n) is 2.74. The molecule has 0 amide bonds. The van der Waals surface area contributed by atoms with Crippen LogP contribution in [0.15, 0.2) is 53.4 Å². The molecule has 0 heterocycles. The third-order valence-electron chi connectivity index (χ3n) is 4.36. The van der Waals surface area contributed by atoms with Gasteiger partial charge < -0.3 is 9.84 Å². The van der Waals surface area contributed by atoms with E-state index in [4.69, 9.17) is 0 Å². The molecule has 1 N–H and O–H groups in total. The standard InChI is InChI=1S/C19H20F3NO5S/c1-4-23(29(26,27)16-11-5-13(2)6-12-16)15-9-7-14(8-10-15)18(25,17(24)28-3)19(20,21)22/h5-12,25H,4H2,1-3H3/t18-/m0/s1. The highest BCUT2D eigenvalue weighted by molar-refractivity contribution is 7.92. The van der Waals surface area contributed by atoms with Crippen molar-refractivity contribution in [2.24, 2.45) is 0 Å². The Morgan fingerprint density at radius 2 is 1.59 bits per heavy atom. The van der Waals surface area contributed by atoms with Crippen molar-refractivity contribution in [2.75, 3.05) is 18.0 Å². The summed E-state index contributed by atoms with van der Waals surface area (Å²) in [7, 11) is -3.24. The van der Waals surface area contributed by atoms with E-state index in [0.717, 1.165) is 41.2 Å². The summed E-state index contributed by atoms with van der Waals surface area (Å²) in [5, 5.41) is 10.0. The monoisotopic (exact) mass is 431 g/mol. The average Bonchev–Trinajstić information content (AvgIpc) is 2.67. The first kappa shape index (κ1) is 22.7. The number of rotatable bonds is 6. The zero-order valence-electron chi connectivity index (χ0n) is 15.9. The van der Waals surface area contributed by atoms with E-state index in [1.54, 1.807) is 26.0 Å². The Kier molecular flexibility index (Phi) is 6.29. The molecule has 0 radical (unpaired) electrons. The second-order valence-corrected chi connectivity index (χ2v) is 8.09. The molecule has 0 aliphatic rings. The Morgan fingerprint density at radius 3 is 2.00 bits per heavy atom. The van der Waals surface area contributed by atoms with Crippen molar-refractivity contribution in [2.45, 2.75) is 30.5 Å². The Balaban J connectivity index is 2.49. The van der Waals surface area contributed by atoms with E-state index in [1.165, 1.54) is 12.1 Å². The van der Waals surface area contributed by atoms with Crippen LogP contribution in [0, 0.1) is 6.92 Å². The second kappa shape index (κ2) is 8.03. The molecule has 0 saturated carbocycles. The predicted molar refractivity (Wildman–Crippen MR) is 99.8 cm³/mol. The number of methoxy groups -OCH3 is 1. The van der Waals surface area contributed by atoms with Crippen molar-refractivity contribution >= 4 is 21.7 Å². The van der Waals surface area contributed by atoms with Crippen molar-refractivity contribution in [3.8, 4) is 0 Å². The van der Waals surface area contributed by atoms with Gasteiger partial charge in [-0.15, -0.1) is 0 Å². The molecule has 29 heavy (non-hydrogen) atoms. The van der Waals surface area contributed by atoms with E-state index in [1.807, 2.05) is 0 Å². The van der Waals surface area contributed by atoms with E-state index in [2.05, 4.69) is 4.74 Å². The van der Waals surface area contributed by atoms with Crippen LogP contribution >= 0.6 is 0 Å². The molecule has 2 rings (SSSR count). The summed E-state index contributed by atoms with van der Waals surface area (Å²) in [5.41, 5.74) is -3.71. The number of benzene rings is 2. The molecule has 2 aromatic carbocycles. The number of aryl methyl sites for hydroxylation is 1. The number of alkyl halides is 3. The van der Waals surface area contributed by atoms with Gasteiger partial charge in [0.15, 0.2) is 0 Å². The van der Waals surface area contributed by atoms with Gasteiger partial charge in [-0.3, -0.25) is 4.31 Å². The Labute approximate surface area is 166 Å². The molecule has 0 aliphatic carbocycles. The molecule has 0 bridgehead atoms. The molecular formula is C19H20F3NO5S. The van der Waals surface area contributed by atoms with Gasteiger partial charge in [0.25, 0.3) is 15.6 Å². The first-order valence-corrected chi connectivity index (χ1v) is 9.91. The Hall–Kier alpha value is -2.59. The lowest BCUT2D eigenvalue weighted by Crippen LogP contribution is -2.49. The quantitative estimate of drug-likeness (QED) is 0.711. The van der Waals surface area contributed by atoms with Crippen molar-refractivity contribution in [1.82, 2.24) is 0 Å². The summed E-state index contributed by atoms with van der Waals surface area (Å²) in [5.74, 6) is -1.89. The van der Waals surface area contributed by atoms with Crippen LogP contribution in [0.1, 0.15) is 18.1 Å². The number of carbonyl (C=O) groups excluding carboxylic acids is 1. The van der Waals surface area contributed by atoms with Crippen LogP contribution in [0.5, 0.6) is 0 Å². The molecule has 0 unspecified atom stereocenters. The molecular weight excluding hydrogens is 411 g/mol. The Morgan fingerprint density at radius 1 is 1.07 bits per heavy atom. The van der Waals surface area contributed by atoms with Gasteiger partial charge in [-0.2, -0.15) is 13.2 Å². The number of hydrogen-bond acceptors (Lipinski definition) is 5. The van der Waals surface area contributed by atoms with Gasteiger partial charge in [0, 0.05) is 12.1 Å². The van der Waals surface area contributed by atoms with E-state index in [-0.39, 0.29) is 17.1 Å². The summed E-state index contributed by atoms with van der Waals surface area (Å²) < 4.78 is 70.9. The van der Waals surface area contributed by atoms with Gasteiger partial charge in [0.2, 0.25) is 0 Å². The minimum atomic E-state index is -5.33. The topological polar surface area (TPSA) is 83.9 Å². The molecule has 2 aromatic rings. The highest BCUT2D eigenvalue weighted by atomic mass is 32.2. The number of halogens is 3. The zero-order chi connectivity index (χ0) is 22.0. The van der Waals surface area contributed by atoms with Gasteiger partial charge in [-0.05, 0) is 38.1 Å². The highest BCUT2D eigenvalue weighted by Crippen LogP contribution is 2.40. The summed E-state index contributed by atoms with van der Waals surface area (Å²) >= 11 is 0. The summed E-state index contributed by atoms with van der Waals surface area (Å²) in [4.78, 5) is 11.7. The number of anilines is 1. The fourth-order valence-corrected chi connectivity index (χ4v) is 4.22. The largest absolute Gasteiger partial charge is 0.466 e. The van der Waals surface area contributed by atoms with E-state index < -0.39 is 33.3 Å². The second-order valence-electron chi connectivity index (χ2n) is 6.23. The number of aliphatic hydroxyl groups is 1. The number of nitrogens with zero attached hydrogens (tertiary/aromatic N) is 1. The van der Waals surface area contributed by atoms with Crippen LogP contribution in [0.25, 0.3) is 0 Å². The first-order chi connectivity index (χ1) is 13.4. The minimum Gasteiger partial charge on any atom is -0.466 e. The molecule has 158 valence electrons. The third kappa shape index (κ3) is 4.08. The lowest BCUT2D eigenvalue weighted by atomic mass is 9.93. The molecule has 1 atom stereocenters. The van der Waals surface area contributed by atoms with Crippen LogP contribution in [-0.4, -0.2) is 39.3 Å². The SMILES string of the molecule is CCN(c1ccc([C@](O)(C(=O)OC)C(F)(F)F)cc1)S(=O)(=O)c1ccc(C)cc1.